The number of ether oxygens (including phenoxy) is 2. The van der Waals surface area contributed by atoms with E-state index in [1.165, 1.54) is 10.9 Å². The molecule has 0 spiro atoms. The molecule has 0 aliphatic carbocycles. The van der Waals surface area contributed by atoms with E-state index in [4.69, 9.17) is 9.47 Å². The first-order valence-corrected chi connectivity index (χ1v) is 11.1. The Morgan fingerprint density at radius 1 is 1.06 bits per heavy atom. The lowest BCUT2D eigenvalue weighted by molar-refractivity contribution is 0.319. The fourth-order valence-corrected chi connectivity index (χ4v) is 4.43. The number of nitrogens with zero attached hydrogens (tertiary/aromatic N) is 3. The van der Waals surface area contributed by atoms with Crippen LogP contribution >= 0.6 is 0 Å². The molecule has 2 aromatic carbocycles. The van der Waals surface area contributed by atoms with Gasteiger partial charge in [-0.3, -0.25) is 15.0 Å². The van der Waals surface area contributed by atoms with Crippen LogP contribution in [0, 0.1) is 0 Å². The molecule has 2 aromatic heterocycles. The number of methoxy groups -OCH3 is 1. The Hall–Kier alpha value is -3.38. The molecule has 164 valence electrons. The Bertz CT molecular complexity index is 1170. The Morgan fingerprint density at radius 3 is 2.81 bits per heavy atom. The number of benzene rings is 2. The van der Waals surface area contributed by atoms with Crippen LogP contribution in [0.4, 0.5) is 0 Å². The lowest BCUT2D eigenvalue weighted by atomic mass is 10.0. The summed E-state index contributed by atoms with van der Waals surface area (Å²) in [6.45, 7) is 3.68. The predicted octanol–water partition coefficient (Wildman–Crippen LogP) is 4.58. The molecule has 1 aliphatic heterocycles. The molecule has 1 fully saturated rings. The molecule has 32 heavy (non-hydrogen) atoms. The molecule has 0 saturated carbocycles. The molecule has 5 rings (SSSR count). The van der Waals surface area contributed by atoms with Gasteiger partial charge in [0, 0.05) is 42.7 Å². The monoisotopic (exact) mass is 428 g/mol. The van der Waals surface area contributed by atoms with Gasteiger partial charge in [0.05, 0.1) is 24.9 Å². The van der Waals surface area contributed by atoms with Gasteiger partial charge in [-0.2, -0.15) is 5.10 Å². The van der Waals surface area contributed by atoms with Gasteiger partial charge in [0.1, 0.15) is 11.5 Å². The summed E-state index contributed by atoms with van der Waals surface area (Å²) in [6, 6.07) is 20.4. The van der Waals surface area contributed by atoms with Crippen LogP contribution in [-0.2, 0) is 13.0 Å². The van der Waals surface area contributed by atoms with Gasteiger partial charge in [-0.15, -0.1) is 0 Å². The van der Waals surface area contributed by atoms with Gasteiger partial charge in [-0.25, -0.2) is 0 Å². The van der Waals surface area contributed by atoms with Crippen molar-refractivity contribution in [1.29, 1.82) is 0 Å². The predicted molar refractivity (Wildman–Crippen MR) is 125 cm³/mol. The molecule has 1 saturated heterocycles. The molecule has 6 heteroatoms. The fourth-order valence-electron chi connectivity index (χ4n) is 4.43. The second-order valence-corrected chi connectivity index (χ2v) is 8.30. The quantitative estimate of drug-likeness (QED) is 0.445. The number of likely N-dealkylation sites (tertiary alicyclic amines) is 1. The standard InChI is InChI=1S/C26H28N4O2/c1-31-22-7-9-23(10-8-22)32-15-12-21-16-26(29-28-21)20-11-14-30(18-20)17-19-4-2-6-25-24(19)5-3-13-27-25/h2-10,13,16,20H,11-12,14-15,17-18H2,1H3,(H,28,29). The van der Waals surface area contributed by atoms with Crippen LogP contribution in [0.1, 0.15) is 29.3 Å². The maximum absolute atomic E-state index is 5.85. The van der Waals surface area contributed by atoms with Crippen molar-refractivity contribution >= 4 is 10.9 Å². The summed E-state index contributed by atoms with van der Waals surface area (Å²) in [7, 11) is 1.66. The summed E-state index contributed by atoms with van der Waals surface area (Å²) in [5.74, 6) is 2.15. The van der Waals surface area contributed by atoms with Gasteiger partial charge in [-0.05, 0) is 61.0 Å². The Balaban J connectivity index is 1.14. The second kappa shape index (κ2) is 9.40. The zero-order valence-electron chi connectivity index (χ0n) is 18.3. The minimum atomic E-state index is 0.468. The SMILES string of the molecule is COc1ccc(OCCc2cc(C3CCN(Cc4cccc5ncccc45)C3)n[nH]2)cc1. The summed E-state index contributed by atoms with van der Waals surface area (Å²) in [5.41, 5.74) is 4.68. The largest absolute Gasteiger partial charge is 0.497 e. The molecule has 0 bridgehead atoms. The van der Waals surface area contributed by atoms with Crippen molar-refractivity contribution in [2.24, 2.45) is 0 Å². The number of nitrogens with one attached hydrogen (secondary N) is 1. The Labute approximate surface area is 188 Å². The van der Waals surface area contributed by atoms with Gasteiger partial charge in [0.25, 0.3) is 0 Å². The molecule has 0 radical (unpaired) electrons. The van der Waals surface area contributed by atoms with Crippen molar-refractivity contribution in [2.45, 2.75) is 25.3 Å². The minimum absolute atomic E-state index is 0.468. The van der Waals surface area contributed by atoms with Crippen molar-refractivity contribution < 1.29 is 9.47 Å². The Kier molecular flexibility index (Phi) is 6.03. The van der Waals surface area contributed by atoms with Crippen molar-refractivity contribution in [3.05, 3.63) is 83.8 Å². The van der Waals surface area contributed by atoms with E-state index >= 15 is 0 Å². The van der Waals surface area contributed by atoms with E-state index in [0.717, 1.165) is 60.9 Å². The first-order chi connectivity index (χ1) is 15.8. The highest BCUT2D eigenvalue weighted by atomic mass is 16.5. The van der Waals surface area contributed by atoms with Crippen LogP contribution in [-0.4, -0.2) is 46.9 Å². The van der Waals surface area contributed by atoms with Crippen LogP contribution in [0.5, 0.6) is 11.5 Å². The van der Waals surface area contributed by atoms with Crippen molar-refractivity contribution in [3.63, 3.8) is 0 Å². The topological polar surface area (TPSA) is 63.3 Å². The number of fused-ring (bicyclic) bond motifs is 1. The van der Waals surface area contributed by atoms with E-state index in [0.29, 0.717) is 12.5 Å². The average molecular weight is 429 g/mol. The summed E-state index contributed by atoms with van der Waals surface area (Å²) in [4.78, 5) is 7.01. The molecule has 3 heterocycles. The van der Waals surface area contributed by atoms with Crippen molar-refractivity contribution in [2.75, 3.05) is 26.8 Å². The summed E-state index contributed by atoms with van der Waals surface area (Å²) in [5, 5.41) is 9.05. The first kappa shape index (κ1) is 20.5. The van der Waals surface area contributed by atoms with E-state index in [9.17, 15) is 0 Å². The highest BCUT2D eigenvalue weighted by Gasteiger charge is 2.26. The van der Waals surface area contributed by atoms with Crippen LogP contribution in [0.2, 0.25) is 0 Å². The molecular weight excluding hydrogens is 400 g/mol. The second-order valence-electron chi connectivity index (χ2n) is 8.30. The molecule has 0 amide bonds. The summed E-state index contributed by atoms with van der Waals surface area (Å²) < 4.78 is 11.0. The van der Waals surface area contributed by atoms with E-state index < -0.39 is 0 Å². The number of hydrogen-bond donors (Lipinski definition) is 1. The molecule has 1 atom stereocenters. The van der Waals surface area contributed by atoms with E-state index in [-0.39, 0.29) is 0 Å². The van der Waals surface area contributed by atoms with E-state index in [2.05, 4.69) is 50.4 Å². The van der Waals surface area contributed by atoms with Gasteiger partial charge in [0.2, 0.25) is 0 Å². The number of rotatable bonds is 8. The van der Waals surface area contributed by atoms with Crippen LogP contribution < -0.4 is 9.47 Å². The van der Waals surface area contributed by atoms with Gasteiger partial charge < -0.3 is 9.47 Å². The zero-order chi connectivity index (χ0) is 21.8. The summed E-state index contributed by atoms with van der Waals surface area (Å²) >= 11 is 0. The highest BCUT2D eigenvalue weighted by molar-refractivity contribution is 5.81. The third-order valence-electron chi connectivity index (χ3n) is 6.17. The minimum Gasteiger partial charge on any atom is -0.497 e. The summed E-state index contributed by atoms with van der Waals surface area (Å²) in [6.07, 6.45) is 3.79. The average Bonchev–Trinajstić information content (AvgIpc) is 3.49. The van der Waals surface area contributed by atoms with Crippen LogP contribution in [0.25, 0.3) is 10.9 Å². The smallest absolute Gasteiger partial charge is 0.119 e. The molecule has 1 N–H and O–H groups in total. The molecule has 1 unspecified atom stereocenters. The van der Waals surface area contributed by atoms with E-state index in [1.807, 2.05) is 36.5 Å². The number of hydrogen-bond acceptors (Lipinski definition) is 5. The molecule has 4 aromatic rings. The van der Waals surface area contributed by atoms with Gasteiger partial charge in [-0.1, -0.05) is 18.2 Å². The maximum atomic E-state index is 5.85. The van der Waals surface area contributed by atoms with Crippen molar-refractivity contribution in [3.8, 4) is 11.5 Å². The van der Waals surface area contributed by atoms with Gasteiger partial charge in [0.15, 0.2) is 0 Å². The van der Waals surface area contributed by atoms with Crippen LogP contribution in [0.3, 0.4) is 0 Å². The highest BCUT2D eigenvalue weighted by Crippen LogP contribution is 2.29. The molecule has 6 nitrogen and oxygen atoms in total. The number of aromatic amines is 1. The van der Waals surface area contributed by atoms with Gasteiger partial charge >= 0.3 is 0 Å². The fraction of sp³-hybridized carbons (Fsp3) is 0.308. The normalized spacial score (nSPS) is 16.5. The Morgan fingerprint density at radius 2 is 1.94 bits per heavy atom. The number of H-pyrrole nitrogens is 1. The van der Waals surface area contributed by atoms with Crippen LogP contribution in [0.15, 0.2) is 66.9 Å². The zero-order valence-corrected chi connectivity index (χ0v) is 18.3. The first-order valence-electron chi connectivity index (χ1n) is 11.1. The lowest BCUT2D eigenvalue weighted by Gasteiger charge is -2.17. The van der Waals surface area contributed by atoms with Crippen molar-refractivity contribution in [1.82, 2.24) is 20.1 Å². The molecular formula is C26H28N4O2. The molecule has 1 aliphatic rings. The van der Waals surface area contributed by atoms with E-state index in [1.54, 1.807) is 7.11 Å². The number of aromatic nitrogens is 3. The third kappa shape index (κ3) is 4.60. The maximum Gasteiger partial charge on any atom is 0.119 e. The lowest BCUT2D eigenvalue weighted by Crippen LogP contribution is -2.20. The third-order valence-corrected chi connectivity index (χ3v) is 6.17. The number of pyridine rings is 1.